The lowest BCUT2D eigenvalue weighted by atomic mass is 10.2. The normalized spacial score (nSPS) is 14.2. The van der Waals surface area contributed by atoms with Gasteiger partial charge in [0.2, 0.25) is 0 Å². The number of nitrogens with one attached hydrogen (secondary N) is 1. The van der Waals surface area contributed by atoms with E-state index in [1.807, 2.05) is 30.3 Å². The number of anilines is 1. The van der Waals surface area contributed by atoms with Crippen molar-refractivity contribution in [3.63, 3.8) is 0 Å². The number of carbonyl (C=O) groups excluding carboxylic acids is 1. The summed E-state index contributed by atoms with van der Waals surface area (Å²) in [5.74, 6) is -0.598. The van der Waals surface area contributed by atoms with Crippen molar-refractivity contribution >= 4 is 17.2 Å². The Morgan fingerprint density at radius 1 is 1.16 bits per heavy atom. The highest BCUT2D eigenvalue weighted by molar-refractivity contribution is 6.03. The quantitative estimate of drug-likeness (QED) is 0.521. The number of hydrogen-bond acceptors (Lipinski definition) is 4. The highest BCUT2D eigenvalue weighted by Crippen LogP contribution is 2.41. The van der Waals surface area contributed by atoms with Crippen LogP contribution in [0.2, 0.25) is 0 Å². The van der Waals surface area contributed by atoms with Gasteiger partial charge < -0.3 is 5.32 Å². The smallest absolute Gasteiger partial charge is 0.318 e. The summed E-state index contributed by atoms with van der Waals surface area (Å²) in [6.45, 7) is 0.522. The number of alkyl halides is 3. The van der Waals surface area contributed by atoms with Crippen molar-refractivity contribution in [3.05, 3.63) is 77.5 Å². The Morgan fingerprint density at radius 3 is 2.65 bits per heavy atom. The standard InChI is InChI=1S/C21H17F3N6O/c22-21(23,24)18-8-16(14-6-7-14)27-19-9-17(28-30(18)19)20(31)26-15-10-25-29(12-15)11-13-4-2-1-3-5-13/h1-5,8-10,12,14H,6-7,11H2,(H,26,31). The van der Waals surface area contributed by atoms with E-state index in [9.17, 15) is 18.0 Å². The van der Waals surface area contributed by atoms with Gasteiger partial charge in [-0.3, -0.25) is 9.48 Å². The number of carbonyl (C=O) groups is 1. The summed E-state index contributed by atoms with van der Waals surface area (Å²) >= 11 is 0. The van der Waals surface area contributed by atoms with Crippen LogP contribution < -0.4 is 5.32 Å². The SMILES string of the molecule is O=C(Nc1cnn(Cc2ccccc2)c1)c1cc2nc(C3CC3)cc(C(F)(F)F)n2n1. The minimum Gasteiger partial charge on any atom is -0.318 e. The van der Waals surface area contributed by atoms with Gasteiger partial charge in [0, 0.05) is 23.9 Å². The van der Waals surface area contributed by atoms with Crippen LogP contribution in [-0.4, -0.2) is 30.3 Å². The number of hydrogen-bond donors (Lipinski definition) is 1. The molecule has 158 valence electrons. The molecule has 0 unspecified atom stereocenters. The summed E-state index contributed by atoms with van der Waals surface area (Å²) in [7, 11) is 0. The molecule has 1 aliphatic carbocycles. The second-order valence-electron chi connectivity index (χ2n) is 7.50. The van der Waals surface area contributed by atoms with Gasteiger partial charge in [-0.2, -0.15) is 23.4 Å². The lowest BCUT2D eigenvalue weighted by molar-refractivity contribution is -0.142. The molecule has 3 aromatic heterocycles. The summed E-state index contributed by atoms with van der Waals surface area (Å²) in [6, 6.07) is 12.0. The van der Waals surface area contributed by atoms with Crippen molar-refractivity contribution in [3.8, 4) is 0 Å². The maximum Gasteiger partial charge on any atom is 0.433 e. The first-order valence-electron chi connectivity index (χ1n) is 9.72. The molecule has 0 aliphatic heterocycles. The Balaban J connectivity index is 1.39. The molecule has 0 atom stereocenters. The third-order valence-electron chi connectivity index (χ3n) is 5.04. The Labute approximate surface area is 174 Å². The largest absolute Gasteiger partial charge is 0.433 e. The molecule has 1 saturated carbocycles. The molecular formula is C21H17F3N6O. The molecule has 10 heteroatoms. The monoisotopic (exact) mass is 426 g/mol. The Kier molecular flexibility index (Phi) is 4.49. The lowest BCUT2D eigenvalue weighted by Gasteiger charge is -2.10. The van der Waals surface area contributed by atoms with Crippen LogP contribution in [0.1, 0.15) is 46.2 Å². The van der Waals surface area contributed by atoms with Crippen molar-refractivity contribution < 1.29 is 18.0 Å². The number of amides is 1. The first-order chi connectivity index (χ1) is 14.9. The van der Waals surface area contributed by atoms with Crippen LogP contribution in [0.5, 0.6) is 0 Å². The van der Waals surface area contributed by atoms with Gasteiger partial charge >= 0.3 is 6.18 Å². The van der Waals surface area contributed by atoms with Crippen LogP contribution in [-0.2, 0) is 12.7 Å². The van der Waals surface area contributed by atoms with Crippen LogP contribution in [0.15, 0.2) is 54.9 Å². The molecule has 1 aromatic carbocycles. The first kappa shape index (κ1) is 19.3. The number of aromatic nitrogens is 5. The first-order valence-corrected chi connectivity index (χ1v) is 9.72. The molecule has 4 aromatic rings. The molecule has 1 amide bonds. The average Bonchev–Trinajstić information content (AvgIpc) is 3.35. The number of nitrogens with zero attached hydrogens (tertiary/aromatic N) is 5. The fourth-order valence-electron chi connectivity index (χ4n) is 3.38. The number of rotatable bonds is 5. The van der Waals surface area contributed by atoms with Crippen LogP contribution in [0.4, 0.5) is 18.9 Å². The molecule has 1 aliphatic rings. The van der Waals surface area contributed by atoms with Gasteiger partial charge in [0.15, 0.2) is 11.3 Å². The van der Waals surface area contributed by atoms with Gasteiger partial charge in [-0.25, -0.2) is 9.50 Å². The zero-order chi connectivity index (χ0) is 21.6. The highest BCUT2D eigenvalue weighted by Gasteiger charge is 2.37. The van der Waals surface area contributed by atoms with Crippen molar-refractivity contribution in [2.24, 2.45) is 0 Å². The zero-order valence-electron chi connectivity index (χ0n) is 16.2. The van der Waals surface area contributed by atoms with Crippen LogP contribution in [0, 0.1) is 0 Å². The summed E-state index contributed by atoms with van der Waals surface area (Å²) in [5, 5.41) is 10.7. The minimum absolute atomic E-state index is 0.00153. The van der Waals surface area contributed by atoms with Crippen molar-refractivity contribution in [1.29, 1.82) is 0 Å². The molecule has 0 saturated heterocycles. The fraction of sp³-hybridized carbons (Fsp3) is 0.238. The molecule has 0 spiro atoms. The number of benzene rings is 1. The van der Waals surface area contributed by atoms with Crippen LogP contribution in [0.25, 0.3) is 5.65 Å². The molecular weight excluding hydrogens is 409 g/mol. The highest BCUT2D eigenvalue weighted by atomic mass is 19.4. The average molecular weight is 426 g/mol. The Bertz CT molecular complexity index is 1260. The van der Waals surface area contributed by atoms with Gasteiger partial charge in [0.1, 0.15) is 5.69 Å². The summed E-state index contributed by atoms with van der Waals surface area (Å²) < 4.78 is 42.9. The van der Waals surface area contributed by atoms with E-state index in [0.29, 0.717) is 22.4 Å². The Morgan fingerprint density at radius 2 is 1.94 bits per heavy atom. The van der Waals surface area contributed by atoms with E-state index in [4.69, 9.17) is 0 Å². The molecule has 5 rings (SSSR count). The predicted octanol–water partition coefficient (Wildman–Crippen LogP) is 4.12. The maximum absolute atomic E-state index is 13.5. The molecule has 1 fully saturated rings. The van der Waals surface area contributed by atoms with Gasteiger partial charge in [0.25, 0.3) is 5.91 Å². The third-order valence-corrected chi connectivity index (χ3v) is 5.04. The molecule has 0 bridgehead atoms. The van der Waals surface area contributed by atoms with E-state index in [2.05, 4.69) is 20.5 Å². The topological polar surface area (TPSA) is 77.1 Å². The second kappa shape index (κ2) is 7.22. The van der Waals surface area contributed by atoms with Crippen molar-refractivity contribution in [1.82, 2.24) is 24.4 Å². The van der Waals surface area contributed by atoms with Gasteiger partial charge in [0.05, 0.1) is 18.4 Å². The predicted molar refractivity (Wildman–Crippen MR) is 106 cm³/mol. The fourth-order valence-corrected chi connectivity index (χ4v) is 3.38. The number of fused-ring (bicyclic) bond motifs is 1. The van der Waals surface area contributed by atoms with E-state index in [1.165, 1.54) is 12.3 Å². The summed E-state index contributed by atoms with van der Waals surface area (Å²) in [4.78, 5) is 16.9. The molecule has 31 heavy (non-hydrogen) atoms. The Hall–Kier alpha value is -3.69. The van der Waals surface area contributed by atoms with Gasteiger partial charge in [-0.1, -0.05) is 30.3 Å². The lowest BCUT2D eigenvalue weighted by Crippen LogP contribution is -2.16. The van der Waals surface area contributed by atoms with Crippen LogP contribution >= 0.6 is 0 Å². The molecule has 3 heterocycles. The van der Waals surface area contributed by atoms with Gasteiger partial charge in [-0.15, -0.1) is 0 Å². The van der Waals surface area contributed by atoms with E-state index < -0.39 is 17.8 Å². The van der Waals surface area contributed by atoms with Crippen molar-refractivity contribution in [2.75, 3.05) is 5.32 Å². The molecule has 7 nitrogen and oxygen atoms in total. The van der Waals surface area contributed by atoms with E-state index in [1.54, 1.807) is 10.9 Å². The van der Waals surface area contributed by atoms with E-state index in [0.717, 1.165) is 24.5 Å². The summed E-state index contributed by atoms with van der Waals surface area (Å²) in [5.41, 5.74) is 0.758. The second-order valence-corrected chi connectivity index (χ2v) is 7.50. The van der Waals surface area contributed by atoms with E-state index >= 15 is 0 Å². The third kappa shape index (κ3) is 4.00. The summed E-state index contributed by atoms with van der Waals surface area (Å²) in [6.07, 6.45) is 0.138. The van der Waals surface area contributed by atoms with Crippen molar-refractivity contribution in [2.45, 2.75) is 31.5 Å². The minimum atomic E-state index is -4.61. The zero-order valence-corrected chi connectivity index (χ0v) is 16.2. The number of halogens is 3. The molecule has 0 radical (unpaired) electrons. The van der Waals surface area contributed by atoms with Crippen LogP contribution in [0.3, 0.4) is 0 Å². The maximum atomic E-state index is 13.5. The molecule has 1 N–H and O–H groups in total. The van der Waals surface area contributed by atoms with E-state index in [-0.39, 0.29) is 17.3 Å². The van der Waals surface area contributed by atoms with Gasteiger partial charge in [-0.05, 0) is 24.5 Å².